The minimum absolute atomic E-state index is 0.817. The van der Waals surface area contributed by atoms with E-state index in [4.69, 9.17) is 4.74 Å². The predicted molar refractivity (Wildman–Crippen MR) is 77.1 cm³/mol. The zero-order chi connectivity index (χ0) is 12.6. The molecule has 0 amide bonds. The van der Waals surface area contributed by atoms with Gasteiger partial charge in [0, 0.05) is 25.1 Å². The van der Waals surface area contributed by atoms with E-state index in [-0.39, 0.29) is 0 Å². The third-order valence-electron chi connectivity index (χ3n) is 3.58. The number of hydrogen-bond acceptors (Lipinski definition) is 4. The van der Waals surface area contributed by atoms with Crippen LogP contribution in [0.5, 0.6) is 0 Å². The summed E-state index contributed by atoms with van der Waals surface area (Å²) in [7, 11) is 1.75. The molecule has 1 aliphatic rings. The molecular formula is C14H24N2OS. The number of piperidine rings is 1. The molecule has 0 spiro atoms. The molecule has 1 aromatic rings. The SMILES string of the molecule is COCCNCC1CCN(Cc2cccs2)CC1. The van der Waals surface area contributed by atoms with E-state index in [1.54, 1.807) is 7.11 Å². The zero-order valence-electron chi connectivity index (χ0n) is 11.2. The van der Waals surface area contributed by atoms with Crippen molar-refractivity contribution in [2.75, 3.05) is 39.9 Å². The van der Waals surface area contributed by atoms with Gasteiger partial charge in [-0.2, -0.15) is 0 Å². The highest BCUT2D eigenvalue weighted by molar-refractivity contribution is 7.09. The average Bonchev–Trinajstić information content (AvgIpc) is 2.89. The Morgan fingerprint density at radius 2 is 2.28 bits per heavy atom. The van der Waals surface area contributed by atoms with Crippen LogP contribution in [0.25, 0.3) is 0 Å². The van der Waals surface area contributed by atoms with E-state index >= 15 is 0 Å². The largest absolute Gasteiger partial charge is 0.383 e. The first-order valence-corrected chi connectivity index (χ1v) is 7.71. The standard InChI is InChI=1S/C14H24N2OS/c1-17-9-6-15-11-13-4-7-16(8-5-13)12-14-3-2-10-18-14/h2-3,10,13,15H,4-9,11-12H2,1H3. The lowest BCUT2D eigenvalue weighted by atomic mass is 9.97. The molecule has 0 aliphatic carbocycles. The molecule has 0 aromatic carbocycles. The molecule has 0 saturated carbocycles. The van der Waals surface area contributed by atoms with Gasteiger partial charge in [-0.25, -0.2) is 0 Å². The summed E-state index contributed by atoms with van der Waals surface area (Å²) >= 11 is 1.87. The molecule has 102 valence electrons. The minimum atomic E-state index is 0.817. The molecule has 3 nitrogen and oxygen atoms in total. The Labute approximate surface area is 114 Å². The normalized spacial score (nSPS) is 18.3. The van der Waals surface area contributed by atoms with Gasteiger partial charge in [-0.1, -0.05) is 6.07 Å². The lowest BCUT2D eigenvalue weighted by Crippen LogP contribution is -2.37. The molecule has 1 aliphatic heterocycles. The van der Waals surface area contributed by atoms with Crippen molar-refractivity contribution in [1.82, 2.24) is 10.2 Å². The molecule has 4 heteroatoms. The Morgan fingerprint density at radius 1 is 1.44 bits per heavy atom. The number of rotatable bonds is 7. The monoisotopic (exact) mass is 268 g/mol. The summed E-state index contributed by atoms with van der Waals surface area (Å²) in [5.74, 6) is 0.849. The molecular weight excluding hydrogens is 244 g/mol. The fourth-order valence-corrected chi connectivity index (χ4v) is 3.20. The van der Waals surface area contributed by atoms with Crippen LogP contribution in [0.15, 0.2) is 17.5 Å². The van der Waals surface area contributed by atoms with Crippen LogP contribution in [0, 0.1) is 5.92 Å². The number of nitrogens with one attached hydrogen (secondary N) is 1. The number of ether oxygens (including phenoxy) is 1. The summed E-state index contributed by atoms with van der Waals surface area (Å²) in [5, 5.41) is 5.64. The van der Waals surface area contributed by atoms with Crippen LogP contribution in [0.1, 0.15) is 17.7 Å². The van der Waals surface area contributed by atoms with E-state index < -0.39 is 0 Å². The Bertz CT molecular complexity index is 308. The van der Waals surface area contributed by atoms with Gasteiger partial charge >= 0.3 is 0 Å². The summed E-state index contributed by atoms with van der Waals surface area (Å²) < 4.78 is 5.04. The van der Waals surface area contributed by atoms with Gasteiger partial charge in [0.05, 0.1) is 6.61 Å². The predicted octanol–water partition coefficient (Wildman–Crippen LogP) is 2.20. The van der Waals surface area contributed by atoms with Crippen LogP contribution in [0.4, 0.5) is 0 Å². The van der Waals surface area contributed by atoms with Crippen molar-refractivity contribution in [2.24, 2.45) is 5.92 Å². The number of thiophene rings is 1. The fraction of sp³-hybridized carbons (Fsp3) is 0.714. The Hall–Kier alpha value is -0.420. The molecule has 2 heterocycles. The second-order valence-electron chi connectivity index (χ2n) is 5.00. The lowest BCUT2D eigenvalue weighted by Gasteiger charge is -2.31. The Balaban J connectivity index is 1.59. The molecule has 1 aromatic heterocycles. The van der Waals surface area contributed by atoms with Crippen LogP contribution >= 0.6 is 11.3 Å². The van der Waals surface area contributed by atoms with Crippen molar-refractivity contribution in [1.29, 1.82) is 0 Å². The third-order valence-corrected chi connectivity index (χ3v) is 4.44. The summed E-state index contributed by atoms with van der Waals surface area (Å²) in [5.41, 5.74) is 0. The van der Waals surface area contributed by atoms with Crippen LogP contribution in [-0.4, -0.2) is 44.8 Å². The highest BCUT2D eigenvalue weighted by Gasteiger charge is 2.18. The van der Waals surface area contributed by atoms with E-state index in [0.717, 1.165) is 32.2 Å². The van der Waals surface area contributed by atoms with Gasteiger partial charge in [-0.15, -0.1) is 11.3 Å². The van der Waals surface area contributed by atoms with Crippen molar-refractivity contribution < 1.29 is 4.74 Å². The van der Waals surface area contributed by atoms with E-state index in [9.17, 15) is 0 Å². The lowest BCUT2D eigenvalue weighted by molar-refractivity contribution is 0.169. The Morgan fingerprint density at radius 3 is 2.94 bits per heavy atom. The average molecular weight is 268 g/mol. The molecule has 1 fully saturated rings. The number of methoxy groups -OCH3 is 1. The zero-order valence-corrected chi connectivity index (χ0v) is 12.0. The summed E-state index contributed by atoms with van der Waals surface area (Å²) in [6, 6.07) is 4.38. The van der Waals surface area contributed by atoms with Crippen molar-refractivity contribution >= 4 is 11.3 Å². The number of hydrogen-bond donors (Lipinski definition) is 1. The van der Waals surface area contributed by atoms with Crippen LogP contribution in [0.3, 0.4) is 0 Å². The topological polar surface area (TPSA) is 24.5 Å². The van der Waals surface area contributed by atoms with Crippen molar-refractivity contribution in [2.45, 2.75) is 19.4 Å². The summed E-state index contributed by atoms with van der Waals surface area (Å²) in [6.07, 6.45) is 2.65. The molecule has 0 radical (unpaired) electrons. The van der Waals surface area contributed by atoms with Crippen LogP contribution in [0.2, 0.25) is 0 Å². The first kappa shape index (κ1) is 14.0. The van der Waals surface area contributed by atoms with E-state index in [2.05, 4.69) is 27.7 Å². The molecule has 0 unspecified atom stereocenters. The van der Waals surface area contributed by atoms with E-state index in [0.29, 0.717) is 0 Å². The molecule has 1 saturated heterocycles. The van der Waals surface area contributed by atoms with Crippen LogP contribution in [-0.2, 0) is 11.3 Å². The quantitative estimate of drug-likeness (QED) is 0.767. The smallest absolute Gasteiger partial charge is 0.0587 e. The van der Waals surface area contributed by atoms with Crippen molar-refractivity contribution in [3.63, 3.8) is 0 Å². The highest BCUT2D eigenvalue weighted by Crippen LogP contribution is 2.19. The van der Waals surface area contributed by atoms with Gasteiger partial charge in [0.1, 0.15) is 0 Å². The van der Waals surface area contributed by atoms with Crippen molar-refractivity contribution in [3.05, 3.63) is 22.4 Å². The first-order valence-electron chi connectivity index (χ1n) is 6.83. The fourth-order valence-electron chi connectivity index (χ4n) is 2.45. The number of nitrogens with zero attached hydrogens (tertiary/aromatic N) is 1. The van der Waals surface area contributed by atoms with Crippen molar-refractivity contribution in [3.8, 4) is 0 Å². The minimum Gasteiger partial charge on any atom is -0.383 e. The first-order chi connectivity index (χ1) is 8.88. The van der Waals surface area contributed by atoms with E-state index in [1.165, 1.54) is 30.8 Å². The summed E-state index contributed by atoms with van der Waals surface area (Å²) in [4.78, 5) is 4.07. The van der Waals surface area contributed by atoms with Gasteiger partial charge in [-0.3, -0.25) is 4.90 Å². The highest BCUT2D eigenvalue weighted by atomic mass is 32.1. The third kappa shape index (κ3) is 4.69. The maximum atomic E-state index is 5.04. The van der Waals surface area contributed by atoms with Gasteiger partial charge in [0.25, 0.3) is 0 Å². The molecule has 18 heavy (non-hydrogen) atoms. The summed E-state index contributed by atoms with van der Waals surface area (Å²) in [6.45, 7) is 6.57. The second-order valence-corrected chi connectivity index (χ2v) is 6.03. The Kier molecular flexibility index (Phi) is 6.14. The van der Waals surface area contributed by atoms with Gasteiger partial charge in [0.15, 0.2) is 0 Å². The van der Waals surface area contributed by atoms with Crippen LogP contribution < -0.4 is 5.32 Å². The maximum absolute atomic E-state index is 5.04. The molecule has 1 N–H and O–H groups in total. The molecule has 0 bridgehead atoms. The molecule has 2 rings (SSSR count). The van der Waals surface area contributed by atoms with E-state index in [1.807, 2.05) is 11.3 Å². The maximum Gasteiger partial charge on any atom is 0.0587 e. The number of likely N-dealkylation sites (tertiary alicyclic amines) is 1. The second kappa shape index (κ2) is 7.89. The molecule has 0 atom stereocenters. The van der Waals surface area contributed by atoms with Gasteiger partial charge in [-0.05, 0) is 49.8 Å². The van der Waals surface area contributed by atoms with Gasteiger partial charge < -0.3 is 10.1 Å². The van der Waals surface area contributed by atoms with Gasteiger partial charge in [0.2, 0.25) is 0 Å².